The van der Waals surface area contributed by atoms with Gasteiger partial charge in [-0.3, -0.25) is 4.79 Å². The van der Waals surface area contributed by atoms with Crippen molar-refractivity contribution < 1.29 is 27.9 Å². The summed E-state index contributed by atoms with van der Waals surface area (Å²) in [6.45, 7) is 1.68. The van der Waals surface area contributed by atoms with Crippen molar-refractivity contribution >= 4 is 29.2 Å². The van der Waals surface area contributed by atoms with Crippen LogP contribution >= 0.6 is 11.6 Å². The largest absolute Gasteiger partial charge is 0.478 e. The van der Waals surface area contributed by atoms with Crippen LogP contribution in [0.3, 0.4) is 0 Å². The van der Waals surface area contributed by atoms with Crippen molar-refractivity contribution in [2.75, 3.05) is 5.32 Å². The number of hydrogen-bond acceptors (Lipinski definition) is 4. The number of rotatable bonds is 4. The lowest BCUT2D eigenvalue weighted by Crippen LogP contribution is -2.14. The Morgan fingerprint density at radius 3 is 2.50 bits per heavy atom. The summed E-state index contributed by atoms with van der Waals surface area (Å²) >= 11 is 6.09. The number of halogens is 4. The quantitative estimate of drug-likeness (QED) is 0.596. The van der Waals surface area contributed by atoms with E-state index in [0.717, 1.165) is 12.3 Å². The van der Waals surface area contributed by atoms with Crippen molar-refractivity contribution in [1.29, 1.82) is 0 Å². The summed E-state index contributed by atoms with van der Waals surface area (Å²) in [6, 6.07) is 8.97. The molecule has 0 saturated heterocycles. The van der Waals surface area contributed by atoms with Crippen molar-refractivity contribution in [2.45, 2.75) is 13.1 Å². The zero-order valence-electron chi connectivity index (χ0n) is 15.3. The number of carbonyl (C=O) groups excluding carboxylic acids is 1. The third-order valence-corrected chi connectivity index (χ3v) is 4.48. The van der Waals surface area contributed by atoms with E-state index in [1.54, 1.807) is 6.92 Å². The van der Waals surface area contributed by atoms with E-state index >= 15 is 0 Å². The van der Waals surface area contributed by atoms with Crippen molar-refractivity contribution in [1.82, 2.24) is 9.97 Å². The van der Waals surface area contributed by atoms with E-state index in [1.165, 1.54) is 36.4 Å². The van der Waals surface area contributed by atoms with Gasteiger partial charge in [-0.15, -0.1) is 0 Å². The molecular formula is C20H13ClF3N3O3. The summed E-state index contributed by atoms with van der Waals surface area (Å²) in [7, 11) is 0. The number of nitrogens with one attached hydrogen (secondary N) is 1. The molecule has 0 aliphatic rings. The first-order valence-electron chi connectivity index (χ1n) is 8.41. The minimum absolute atomic E-state index is 0.0203. The molecule has 0 radical (unpaired) electrons. The van der Waals surface area contributed by atoms with E-state index in [4.69, 9.17) is 16.7 Å². The molecule has 2 aromatic carbocycles. The normalized spacial score (nSPS) is 11.2. The van der Waals surface area contributed by atoms with Crippen molar-refractivity contribution in [3.63, 3.8) is 0 Å². The summed E-state index contributed by atoms with van der Waals surface area (Å²) < 4.78 is 38.7. The molecular weight excluding hydrogens is 423 g/mol. The van der Waals surface area contributed by atoms with Gasteiger partial charge >= 0.3 is 12.1 Å². The van der Waals surface area contributed by atoms with Crippen LogP contribution in [0, 0.1) is 6.92 Å². The Morgan fingerprint density at radius 2 is 1.83 bits per heavy atom. The zero-order chi connectivity index (χ0) is 22.1. The smallest absolute Gasteiger partial charge is 0.433 e. The van der Waals surface area contributed by atoms with Gasteiger partial charge in [0.2, 0.25) is 0 Å². The molecule has 1 heterocycles. The highest BCUT2D eigenvalue weighted by Crippen LogP contribution is 2.30. The number of alkyl halides is 3. The number of carbonyl (C=O) groups is 2. The standard InChI is InChI=1S/C20H13ClF3N3O3/c1-10-2-3-12(19(29)30)9-15(10)26-18(28)13-8-11(4-5-14(13)21)17-25-7-6-16(27-17)20(22,23)24/h2-9H,1H3,(H,26,28)(H,29,30). The Hall–Kier alpha value is -3.46. The van der Waals surface area contributed by atoms with E-state index in [-0.39, 0.29) is 33.2 Å². The molecule has 1 aromatic heterocycles. The lowest BCUT2D eigenvalue weighted by molar-refractivity contribution is -0.141. The number of aromatic carboxylic acids is 1. The van der Waals surface area contributed by atoms with Gasteiger partial charge in [0, 0.05) is 17.4 Å². The predicted molar refractivity (Wildman–Crippen MR) is 104 cm³/mol. The molecule has 3 rings (SSSR count). The SMILES string of the molecule is Cc1ccc(C(=O)O)cc1NC(=O)c1cc(-c2nccc(C(F)(F)F)n2)ccc1Cl. The van der Waals surface area contributed by atoms with Gasteiger partial charge in [-0.2, -0.15) is 13.2 Å². The fraction of sp³-hybridized carbons (Fsp3) is 0.100. The van der Waals surface area contributed by atoms with Gasteiger partial charge in [0.25, 0.3) is 5.91 Å². The Bertz CT molecular complexity index is 1150. The number of hydrogen-bond donors (Lipinski definition) is 2. The van der Waals surface area contributed by atoms with Gasteiger partial charge in [-0.1, -0.05) is 17.7 Å². The monoisotopic (exact) mass is 435 g/mol. The maximum atomic E-state index is 12.9. The highest BCUT2D eigenvalue weighted by atomic mass is 35.5. The first-order valence-corrected chi connectivity index (χ1v) is 8.79. The van der Waals surface area contributed by atoms with Crippen LogP contribution in [0.2, 0.25) is 5.02 Å². The van der Waals surface area contributed by atoms with Crippen LogP contribution in [-0.2, 0) is 6.18 Å². The van der Waals surface area contributed by atoms with E-state index in [9.17, 15) is 22.8 Å². The number of benzene rings is 2. The molecule has 6 nitrogen and oxygen atoms in total. The summed E-state index contributed by atoms with van der Waals surface area (Å²) in [5.74, 6) is -2.05. The third-order valence-electron chi connectivity index (χ3n) is 4.15. The van der Waals surface area contributed by atoms with E-state index in [0.29, 0.717) is 5.56 Å². The molecule has 154 valence electrons. The van der Waals surface area contributed by atoms with Crippen LogP contribution in [0.1, 0.15) is 32.0 Å². The van der Waals surface area contributed by atoms with Crippen molar-refractivity contribution in [3.05, 3.63) is 76.1 Å². The van der Waals surface area contributed by atoms with Gasteiger partial charge in [0.05, 0.1) is 16.1 Å². The third kappa shape index (κ3) is 4.57. The second kappa shape index (κ2) is 8.11. The Labute approximate surface area is 173 Å². The maximum Gasteiger partial charge on any atom is 0.433 e. The average Bonchev–Trinajstić information content (AvgIpc) is 2.69. The maximum absolute atomic E-state index is 12.9. The summed E-state index contributed by atoms with van der Waals surface area (Å²) in [4.78, 5) is 31.2. The van der Waals surface area contributed by atoms with E-state index < -0.39 is 23.7 Å². The van der Waals surface area contributed by atoms with Crippen LogP contribution < -0.4 is 5.32 Å². The molecule has 1 amide bonds. The Morgan fingerprint density at radius 1 is 1.10 bits per heavy atom. The highest BCUT2D eigenvalue weighted by Gasteiger charge is 2.33. The van der Waals surface area contributed by atoms with Gasteiger partial charge in [0.1, 0.15) is 5.69 Å². The van der Waals surface area contributed by atoms with Gasteiger partial charge in [0.15, 0.2) is 5.82 Å². The average molecular weight is 436 g/mol. The number of amides is 1. The number of carboxylic acids is 1. The molecule has 0 atom stereocenters. The summed E-state index contributed by atoms with van der Waals surface area (Å²) in [6.07, 6.45) is -3.67. The van der Waals surface area contributed by atoms with Gasteiger partial charge < -0.3 is 10.4 Å². The van der Waals surface area contributed by atoms with Crippen LogP contribution in [0.5, 0.6) is 0 Å². The molecule has 0 fully saturated rings. The Kier molecular flexibility index (Phi) is 5.75. The van der Waals surface area contributed by atoms with E-state index in [1.807, 2.05) is 0 Å². The molecule has 0 aliphatic carbocycles. The van der Waals surface area contributed by atoms with Crippen LogP contribution in [-0.4, -0.2) is 27.0 Å². The van der Waals surface area contributed by atoms with Crippen LogP contribution in [0.25, 0.3) is 11.4 Å². The molecule has 30 heavy (non-hydrogen) atoms. The first-order chi connectivity index (χ1) is 14.1. The minimum Gasteiger partial charge on any atom is -0.478 e. The van der Waals surface area contributed by atoms with E-state index in [2.05, 4.69) is 15.3 Å². The molecule has 0 spiro atoms. The van der Waals surface area contributed by atoms with Crippen molar-refractivity contribution in [3.8, 4) is 11.4 Å². The number of nitrogens with zero attached hydrogens (tertiary/aromatic N) is 2. The predicted octanol–water partition coefficient (Wildman–Crippen LogP) is 5.07. The summed E-state index contributed by atoms with van der Waals surface area (Å²) in [5, 5.41) is 11.7. The second-order valence-corrected chi connectivity index (χ2v) is 6.65. The highest BCUT2D eigenvalue weighted by molar-refractivity contribution is 6.34. The number of aryl methyl sites for hydroxylation is 1. The second-order valence-electron chi connectivity index (χ2n) is 6.25. The Balaban J connectivity index is 1.96. The molecule has 0 saturated carbocycles. The fourth-order valence-corrected chi connectivity index (χ4v) is 2.78. The van der Waals surface area contributed by atoms with Crippen LogP contribution in [0.15, 0.2) is 48.7 Å². The molecule has 0 unspecified atom stereocenters. The lowest BCUT2D eigenvalue weighted by atomic mass is 10.1. The molecule has 0 aliphatic heterocycles. The molecule has 2 N–H and O–H groups in total. The van der Waals surface area contributed by atoms with Gasteiger partial charge in [-0.05, 0) is 48.9 Å². The molecule has 10 heteroatoms. The molecule has 0 bridgehead atoms. The first kappa shape index (κ1) is 21.3. The van der Waals surface area contributed by atoms with Gasteiger partial charge in [-0.25, -0.2) is 14.8 Å². The molecule has 3 aromatic rings. The minimum atomic E-state index is -4.64. The number of aromatic nitrogens is 2. The summed E-state index contributed by atoms with van der Waals surface area (Å²) in [5.41, 5.74) is -0.136. The number of anilines is 1. The zero-order valence-corrected chi connectivity index (χ0v) is 16.0. The number of carboxylic acid groups (broad SMARTS) is 1. The van der Waals surface area contributed by atoms with Crippen molar-refractivity contribution in [2.24, 2.45) is 0 Å². The topological polar surface area (TPSA) is 92.2 Å². The fourth-order valence-electron chi connectivity index (χ4n) is 2.57. The van der Waals surface area contributed by atoms with Crippen LogP contribution in [0.4, 0.5) is 18.9 Å². The lowest BCUT2D eigenvalue weighted by Gasteiger charge is -2.12.